The molecule has 0 aliphatic rings. The van der Waals surface area contributed by atoms with E-state index in [1.54, 1.807) is 23.9 Å². The fraction of sp³-hybridized carbons (Fsp3) is 0.160. The van der Waals surface area contributed by atoms with Crippen LogP contribution in [0.4, 0.5) is 0 Å². The normalized spacial score (nSPS) is 10.5. The third-order valence-electron chi connectivity index (χ3n) is 4.66. The van der Waals surface area contributed by atoms with Crippen molar-refractivity contribution >= 4 is 34.9 Å². The van der Waals surface area contributed by atoms with E-state index in [1.807, 2.05) is 6.07 Å². The summed E-state index contributed by atoms with van der Waals surface area (Å²) in [7, 11) is 0. The Kier molecular flexibility index (Phi) is 7.61. The van der Waals surface area contributed by atoms with Gasteiger partial charge in [0.25, 0.3) is 0 Å². The van der Waals surface area contributed by atoms with E-state index in [4.69, 9.17) is 21.4 Å². The lowest BCUT2D eigenvalue weighted by atomic mass is 9.92. The van der Waals surface area contributed by atoms with Crippen molar-refractivity contribution in [2.75, 3.05) is 12.4 Å². The number of ether oxygens (including phenoxy) is 1. The maximum absolute atomic E-state index is 10.6. The molecular weight excluding hydrogens is 416 g/mol. The van der Waals surface area contributed by atoms with Crippen molar-refractivity contribution in [3.8, 4) is 5.75 Å². The van der Waals surface area contributed by atoms with Crippen LogP contribution in [0.25, 0.3) is 5.57 Å². The van der Waals surface area contributed by atoms with Gasteiger partial charge in [-0.2, -0.15) is 0 Å². The smallest absolute Gasteiger partial charge is 0.341 e. The van der Waals surface area contributed by atoms with Gasteiger partial charge in [0.1, 0.15) is 5.75 Å². The zero-order chi connectivity index (χ0) is 21.5. The second-order valence-electron chi connectivity index (χ2n) is 6.83. The van der Waals surface area contributed by atoms with Crippen LogP contribution in [0.5, 0.6) is 5.75 Å². The van der Waals surface area contributed by atoms with Gasteiger partial charge in [0, 0.05) is 10.6 Å². The molecule has 0 saturated heterocycles. The van der Waals surface area contributed by atoms with Gasteiger partial charge in [-0.3, -0.25) is 0 Å². The average molecular weight is 439 g/mol. The highest BCUT2D eigenvalue weighted by Crippen LogP contribution is 2.33. The highest BCUT2D eigenvalue weighted by Gasteiger charge is 2.10. The first kappa shape index (κ1) is 22.0. The SMILES string of the molecule is Cc1ccccc1C(=CCSc1ccc(OCC(=O)O)cc1Cl)c1ccccc1C. The zero-order valence-electron chi connectivity index (χ0n) is 16.9. The van der Waals surface area contributed by atoms with Crippen molar-refractivity contribution < 1.29 is 14.6 Å². The number of hydrogen-bond donors (Lipinski definition) is 1. The van der Waals surface area contributed by atoms with Gasteiger partial charge in [-0.1, -0.05) is 66.2 Å². The number of thioether (sulfide) groups is 1. The maximum Gasteiger partial charge on any atom is 0.341 e. The Labute approximate surface area is 186 Å². The molecule has 0 spiro atoms. The van der Waals surface area contributed by atoms with Crippen LogP contribution < -0.4 is 4.74 Å². The van der Waals surface area contributed by atoms with E-state index in [2.05, 4.69) is 68.5 Å². The Hall–Kier alpha value is -2.69. The van der Waals surface area contributed by atoms with Gasteiger partial charge >= 0.3 is 5.97 Å². The Morgan fingerprint density at radius 1 is 1.00 bits per heavy atom. The molecule has 0 unspecified atom stereocenters. The van der Waals surface area contributed by atoms with Crippen LogP contribution in [-0.4, -0.2) is 23.4 Å². The molecule has 3 aromatic carbocycles. The summed E-state index contributed by atoms with van der Waals surface area (Å²) in [6, 6.07) is 22.0. The van der Waals surface area contributed by atoms with Gasteiger partial charge in [-0.05, 0) is 59.9 Å². The molecule has 0 saturated carbocycles. The lowest BCUT2D eigenvalue weighted by Crippen LogP contribution is -2.09. The molecule has 0 fully saturated rings. The highest BCUT2D eigenvalue weighted by molar-refractivity contribution is 7.99. The van der Waals surface area contributed by atoms with Crippen LogP contribution in [0.2, 0.25) is 5.02 Å². The number of carboxylic acids is 1. The number of halogens is 1. The number of hydrogen-bond acceptors (Lipinski definition) is 3. The summed E-state index contributed by atoms with van der Waals surface area (Å²) >= 11 is 8.00. The third kappa shape index (κ3) is 5.68. The van der Waals surface area contributed by atoms with E-state index in [9.17, 15) is 4.79 Å². The van der Waals surface area contributed by atoms with E-state index in [0.717, 1.165) is 10.6 Å². The number of benzene rings is 3. The van der Waals surface area contributed by atoms with Gasteiger partial charge < -0.3 is 9.84 Å². The third-order valence-corrected chi connectivity index (χ3v) is 6.09. The number of rotatable bonds is 8. The van der Waals surface area contributed by atoms with Crippen LogP contribution in [0.1, 0.15) is 22.3 Å². The summed E-state index contributed by atoms with van der Waals surface area (Å²) in [5.74, 6) is 0.171. The molecule has 0 aliphatic carbocycles. The molecule has 0 radical (unpaired) electrons. The van der Waals surface area contributed by atoms with Gasteiger partial charge in [-0.15, -0.1) is 11.8 Å². The van der Waals surface area contributed by atoms with E-state index in [0.29, 0.717) is 10.8 Å². The molecule has 0 aromatic heterocycles. The summed E-state index contributed by atoms with van der Waals surface area (Å²) in [4.78, 5) is 11.6. The Balaban J connectivity index is 1.83. The molecular formula is C25H23ClO3S. The van der Waals surface area contributed by atoms with Crippen LogP contribution >= 0.6 is 23.4 Å². The minimum atomic E-state index is -1.02. The first-order valence-corrected chi connectivity index (χ1v) is 10.9. The second kappa shape index (κ2) is 10.4. The minimum absolute atomic E-state index is 0.387. The largest absolute Gasteiger partial charge is 0.482 e. The Bertz CT molecular complexity index is 1030. The quantitative estimate of drug-likeness (QED) is 0.400. The summed E-state index contributed by atoms with van der Waals surface area (Å²) in [6.07, 6.45) is 2.24. The summed E-state index contributed by atoms with van der Waals surface area (Å²) < 4.78 is 5.18. The lowest BCUT2D eigenvalue weighted by molar-refractivity contribution is -0.139. The molecule has 30 heavy (non-hydrogen) atoms. The number of aryl methyl sites for hydroxylation is 2. The van der Waals surface area contributed by atoms with Gasteiger partial charge in [0.05, 0.1) is 5.02 Å². The molecule has 0 atom stereocenters. The van der Waals surface area contributed by atoms with E-state index >= 15 is 0 Å². The standard InChI is InChI=1S/C25H23ClO3S/c1-17-7-3-5-9-20(17)22(21-10-6-4-8-18(21)2)13-14-30-24-12-11-19(15-23(24)26)29-16-25(27)28/h3-13,15H,14,16H2,1-2H3,(H,27,28). The van der Waals surface area contributed by atoms with Gasteiger partial charge in [0.2, 0.25) is 0 Å². The van der Waals surface area contributed by atoms with Crippen molar-refractivity contribution in [3.05, 3.63) is 100 Å². The fourth-order valence-corrected chi connectivity index (χ4v) is 4.29. The number of carboxylic acid groups (broad SMARTS) is 1. The molecule has 1 N–H and O–H groups in total. The Morgan fingerprint density at radius 3 is 2.13 bits per heavy atom. The summed E-state index contributed by atoms with van der Waals surface area (Å²) in [6.45, 7) is 3.87. The molecule has 3 rings (SSSR count). The van der Waals surface area contributed by atoms with Crippen molar-refractivity contribution in [3.63, 3.8) is 0 Å². The first-order valence-electron chi connectivity index (χ1n) is 9.55. The number of carbonyl (C=O) groups is 1. The van der Waals surface area contributed by atoms with E-state index < -0.39 is 5.97 Å². The average Bonchev–Trinajstić information content (AvgIpc) is 2.72. The van der Waals surface area contributed by atoms with Gasteiger partial charge in [-0.25, -0.2) is 4.79 Å². The number of aliphatic carboxylic acids is 1. The lowest BCUT2D eigenvalue weighted by Gasteiger charge is -2.14. The van der Waals surface area contributed by atoms with E-state index in [1.165, 1.54) is 27.8 Å². The second-order valence-corrected chi connectivity index (χ2v) is 8.30. The molecule has 0 heterocycles. The molecule has 0 amide bonds. The Morgan fingerprint density at radius 2 is 1.60 bits per heavy atom. The molecule has 3 aromatic rings. The molecule has 0 bridgehead atoms. The monoisotopic (exact) mass is 438 g/mol. The van der Waals surface area contributed by atoms with Crippen molar-refractivity contribution in [1.82, 2.24) is 0 Å². The zero-order valence-corrected chi connectivity index (χ0v) is 18.5. The van der Waals surface area contributed by atoms with Crippen LogP contribution in [0.15, 0.2) is 77.7 Å². The summed E-state index contributed by atoms with van der Waals surface area (Å²) in [5, 5.41) is 9.27. The van der Waals surface area contributed by atoms with Crippen molar-refractivity contribution in [1.29, 1.82) is 0 Å². The topological polar surface area (TPSA) is 46.5 Å². The van der Waals surface area contributed by atoms with Crippen molar-refractivity contribution in [2.45, 2.75) is 18.7 Å². The predicted molar refractivity (Wildman–Crippen MR) is 125 cm³/mol. The van der Waals surface area contributed by atoms with Crippen LogP contribution in [-0.2, 0) is 4.79 Å². The molecule has 154 valence electrons. The van der Waals surface area contributed by atoms with Crippen molar-refractivity contribution in [2.24, 2.45) is 0 Å². The summed E-state index contributed by atoms with van der Waals surface area (Å²) in [5.41, 5.74) is 6.10. The van der Waals surface area contributed by atoms with Gasteiger partial charge in [0.15, 0.2) is 6.61 Å². The fourth-order valence-electron chi connectivity index (χ4n) is 3.16. The maximum atomic E-state index is 10.6. The van der Waals surface area contributed by atoms with E-state index in [-0.39, 0.29) is 6.61 Å². The minimum Gasteiger partial charge on any atom is -0.482 e. The van der Waals surface area contributed by atoms with Crippen LogP contribution in [0.3, 0.4) is 0 Å². The first-order chi connectivity index (χ1) is 14.5. The highest BCUT2D eigenvalue weighted by atomic mass is 35.5. The molecule has 5 heteroatoms. The molecule has 0 aliphatic heterocycles. The van der Waals surface area contributed by atoms with Crippen LogP contribution in [0, 0.1) is 13.8 Å². The predicted octanol–water partition coefficient (Wildman–Crippen LogP) is 6.64. The molecule has 3 nitrogen and oxygen atoms in total.